The van der Waals surface area contributed by atoms with Crippen molar-refractivity contribution in [2.75, 3.05) is 19.7 Å². The molecule has 1 atom stereocenters. The van der Waals surface area contributed by atoms with Crippen LogP contribution in [0.2, 0.25) is 5.02 Å². The molecule has 1 aromatic rings. The van der Waals surface area contributed by atoms with Gasteiger partial charge in [-0.1, -0.05) is 31.5 Å². The van der Waals surface area contributed by atoms with Crippen LogP contribution in [0, 0.1) is 5.92 Å². The van der Waals surface area contributed by atoms with Crippen LogP contribution in [0.5, 0.6) is 5.75 Å². The Labute approximate surface area is 141 Å². The van der Waals surface area contributed by atoms with Crippen molar-refractivity contribution in [3.63, 3.8) is 0 Å². The van der Waals surface area contributed by atoms with Crippen molar-refractivity contribution in [2.24, 2.45) is 5.92 Å². The molecule has 0 saturated carbocycles. The summed E-state index contributed by atoms with van der Waals surface area (Å²) in [6, 6.07) is 6.77. The summed E-state index contributed by atoms with van der Waals surface area (Å²) in [6.45, 7) is 5.12. The first-order valence-corrected chi connectivity index (χ1v) is 8.33. The number of likely N-dealkylation sites (tertiary alicyclic amines) is 1. The average Bonchev–Trinajstić information content (AvgIpc) is 3.00. The summed E-state index contributed by atoms with van der Waals surface area (Å²) in [7, 11) is 0. The van der Waals surface area contributed by atoms with Gasteiger partial charge < -0.3 is 15.0 Å². The molecule has 1 unspecified atom stereocenters. The molecule has 0 bridgehead atoms. The van der Waals surface area contributed by atoms with Crippen LogP contribution in [0.1, 0.15) is 26.7 Å². The molecule has 126 valence electrons. The van der Waals surface area contributed by atoms with E-state index in [1.807, 2.05) is 26.0 Å². The van der Waals surface area contributed by atoms with Crippen LogP contribution in [-0.4, -0.2) is 42.5 Å². The largest absolute Gasteiger partial charge is 0.492 e. The minimum Gasteiger partial charge on any atom is -0.492 e. The Bertz CT molecular complexity index is 563. The van der Waals surface area contributed by atoms with Gasteiger partial charge in [0, 0.05) is 17.5 Å². The number of nitrogens with one attached hydrogen (secondary N) is 1. The fraction of sp³-hybridized carbons (Fsp3) is 0.529. The molecule has 1 heterocycles. The number of amides is 2. The van der Waals surface area contributed by atoms with Crippen LogP contribution in [0.4, 0.5) is 0 Å². The first-order chi connectivity index (χ1) is 11.0. The topological polar surface area (TPSA) is 58.6 Å². The number of halogens is 1. The lowest BCUT2D eigenvalue weighted by Gasteiger charge is -2.25. The van der Waals surface area contributed by atoms with Gasteiger partial charge >= 0.3 is 0 Å². The van der Waals surface area contributed by atoms with E-state index in [0.29, 0.717) is 30.5 Å². The molecule has 1 saturated heterocycles. The number of nitrogens with zero attached hydrogens (tertiary/aromatic N) is 1. The lowest BCUT2D eigenvalue weighted by molar-refractivity contribution is -0.140. The van der Waals surface area contributed by atoms with Crippen molar-refractivity contribution in [1.82, 2.24) is 10.2 Å². The van der Waals surface area contributed by atoms with Crippen LogP contribution < -0.4 is 10.1 Å². The highest BCUT2D eigenvalue weighted by atomic mass is 35.5. The molecule has 0 aliphatic carbocycles. The molecule has 1 aliphatic heterocycles. The molecular weight excluding hydrogens is 316 g/mol. The number of hydrogen-bond donors (Lipinski definition) is 1. The number of carbonyl (C=O) groups excluding carboxylic acids is 2. The highest BCUT2D eigenvalue weighted by Crippen LogP contribution is 2.20. The summed E-state index contributed by atoms with van der Waals surface area (Å²) in [6.07, 6.45) is 1.59. The number of carbonyl (C=O) groups is 2. The summed E-state index contributed by atoms with van der Waals surface area (Å²) in [5.74, 6) is 0.516. The molecule has 23 heavy (non-hydrogen) atoms. The van der Waals surface area contributed by atoms with E-state index in [4.69, 9.17) is 16.3 Å². The zero-order valence-corrected chi connectivity index (χ0v) is 14.3. The van der Waals surface area contributed by atoms with E-state index < -0.39 is 0 Å². The zero-order valence-electron chi connectivity index (χ0n) is 13.5. The second-order valence-electron chi connectivity index (χ2n) is 5.94. The quantitative estimate of drug-likeness (QED) is 0.811. The van der Waals surface area contributed by atoms with E-state index in [0.717, 1.165) is 12.8 Å². The minimum absolute atomic E-state index is 0.0397. The molecule has 2 amide bonds. The van der Waals surface area contributed by atoms with Crippen LogP contribution in [0.25, 0.3) is 0 Å². The van der Waals surface area contributed by atoms with Crippen molar-refractivity contribution in [1.29, 1.82) is 0 Å². The maximum atomic E-state index is 12.3. The first-order valence-electron chi connectivity index (χ1n) is 7.95. The summed E-state index contributed by atoms with van der Waals surface area (Å²) in [5, 5.41) is 3.45. The van der Waals surface area contributed by atoms with E-state index >= 15 is 0 Å². The van der Waals surface area contributed by atoms with E-state index in [-0.39, 0.29) is 23.8 Å². The monoisotopic (exact) mass is 338 g/mol. The number of benzene rings is 1. The Morgan fingerprint density at radius 1 is 1.43 bits per heavy atom. The third-order valence-corrected chi connectivity index (χ3v) is 4.03. The maximum Gasteiger partial charge on any atom is 0.242 e. The molecule has 1 aromatic carbocycles. The van der Waals surface area contributed by atoms with E-state index in [1.165, 1.54) is 0 Å². The van der Waals surface area contributed by atoms with Crippen molar-refractivity contribution in [3.05, 3.63) is 29.3 Å². The van der Waals surface area contributed by atoms with Crippen LogP contribution >= 0.6 is 11.6 Å². The Balaban J connectivity index is 1.77. The Hall–Kier alpha value is -1.75. The molecule has 1 aliphatic rings. The van der Waals surface area contributed by atoms with Gasteiger partial charge in [0.25, 0.3) is 0 Å². The van der Waals surface area contributed by atoms with Gasteiger partial charge in [0.15, 0.2) is 0 Å². The van der Waals surface area contributed by atoms with Crippen molar-refractivity contribution >= 4 is 23.4 Å². The van der Waals surface area contributed by atoms with Crippen molar-refractivity contribution in [3.8, 4) is 5.75 Å². The van der Waals surface area contributed by atoms with Gasteiger partial charge in [-0.3, -0.25) is 9.59 Å². The Morgan fingerprint density at radius 2 is 2.22 bits per heavy atom. The highest BCUT2D eigenvalue weighted by molar-refractivity contribution is 6.30. The number of rotatable bonds is 6. The van der Waals surface area contributed by atoms with Crippen LogP contribution in [0.15, 0.2) is 24.3 Å². The zero-order chi connectivity index (χ0) is 16.8. The highest BCUT2D eigenvalue weighted by Gasteiger charge is 2.34. The summed E-state index contributed by atoms with van der Waals surface area (Å²) >= 11 is 5.88. The summed E-state index contributed by atoms with van der Waals surface area (Å²) in [4.78, 5) is 26.1. The standard InChI is InChI=1S/C17H23ClN2O3/c1-12(2)17(22)20-9-4-7-15(20)16(21)19-8-10-23-14-6-3-5-13(18)11-14/h3,5-6,11-12,15H,4,7-10H2,1-2H3,(H,19,21). The smallest absolute Gasteiger partial charge is 0.242 e. The van der Waals surface area contributed by atoms with Gasteiger partial charge in [-0.05, 0) is 31.0 Å². The molecule has 0 aromatic heterocycles. The number of ether oxygens (including phenoxy) is 1. The summed E-state index contributed by atoms with van der Waals surface area (Å²) < 4.78 is 5.53. The van der Waals surface area contributed by atoms with Crippen LogP contribution in [0.3, 0.4) is 0 Å². The number of hydrogen-bond acceptors (Lipinski definition) is 3. The second kappa shape index (κ2) is 8.20. The van der Waals surface area contributed by atoms with Gasteiger partial charge in [-0.15, -0.1) is 0 Å². The third-order valence-electron chi connectivity index (χ3n) is 3.80. The molecule has 1 N–H and O–H groups in total. The molecule has 0 spiro atoms. The average molecular weight is 339 g/mol. The van der Waals surface area contributed by atoms with E-state index in [1.54, 1.807) is 17.0 Å². The normalized spacial score (nSPS) is 17.4. The SMILES string of the molecule is CC(C)C(=O)N1CCCC1C(=O)NCCOc1cccc(Cl)c1. The minimum atomic E-state index is -0.351. The first kappa shape index (κ1) is 17.6. The summed E-state index contributed by atoms with van der Waals surface area (Å²) in [5.41, 5.74) is 0. The molecule has 6 heteroatoms. The van der Waals surface area contributed by atoms with Gasteiger partial charge in [0.2, 0.25) is 11.8 Å². The predicted molar refractivity (Wildman–Crippen MR) is 89.5 cm³/mol. The van der Waals surface area contributed by atoms with Gasteiger partial charge in [-0.25, -0.2) is 0 Å². The van der Waals surface area contributed by atoms with Gasteiger partial charge in [0.05, 0.1) is 6.54 Å². The Morgan fingerprint density at radius 3 is 2.91 bits per heavy atom. The molecular formula is C17H23ClN2O3. The van der Waals surface area contributed by atoms with E-state index in [2.05, 4.69) is 5.32 Å². The van der Waals surface area contributed by atoms with Gasteiger partial charge in [0.1, 0.15) is 18.4 Å². The molecule has 5 nitrogen and oxygen atoms in total. The lowest BCUT2D eigenvalue weighted by Crippen LogP contribution is -2.47. The second-order valence-corrected chi connectivity index (χ2v) is 6.38. The lowest BCUT2D eigenvalue weighted by atomic mass is 10.1. The molecule has 1 fully saturated rings. The maximum absolute atomic E-state index is 12.3. The fourth-order valence-electron chi connectivity index (χ4n) is 2.65. The van der Waals surface area contributed by atoms with E-state index in [9.17, 15) is 9.59 Å². The molecule has 2 rings (SSSR count). The Kier molecular flexibility index (Phi) is 6.28. The van der Waals surface area contributed by atoms with Crippen molar-refractivity contribution in [2.45, 2.75) is 32.7 Å². The van der Waals surface area contributed by atoms with Crippen molar-refractivity contribution < 1.29 is 14.3 Å². The fourth-order valence-corrected chi connectivity index (χ4v) is 2.83. The van der Waals surface area contributed by atoms with Gasteiger partial charge in [-0.2, -0.15) is 0 Å². The third kappa shape index (κ3) is 4.86. The molecule has 0 radical (unpaired) electrons. The van der Waals surface area contributed by atoms with Crippen LogP contribution in [-0.2, 0) is 9.59 Å². The predicted octanol–water partition coefficient (Wildman–Crippen LogP) is 2.48.